The number of rotatable bonds is 2. The zero-order valence-corrected chi connectivity index (χ0v) is 13.7. The zero-order chi connectivity index (χ0) is 15.6. The van der Waals surface area contributed by atoms with Crippen LogP contribution in [0.2, 0.25) is 0 Å². The van der Waals surface area contributed by atoms with Gasteiger partial charge in [-0.15, -0.1) is 0 Å². The van der Waals surface area contributed by atoms with E-state index in [-0.39, 0.29) is 17.6 Å². The molecular weight excluding hydrogens is 336 g/mol. The second-order valence-corrected chi connectivity index (χ2v) is 6.55. The molecule has 0 spiro atoms. The van der Waals surface area contributed by atoms with E-state index >= 15 is 0 Å². The molecule has 0 radical (unpaired) electrons. The smallest absolute Gasteiger partial charge is 0.335 e. The van der Waals surface area contributed by atoms with E-state index < -0.39 is 5.97 Å². The number of carboxylic acid groups (broad SMARTS) is 1. The highest BCUT2D eigenvalue weighted by Crippen LogP contribution is 2.24. The van der Waals surface area contributed by atoms with Gasteiger partial charge in [0.25, 0.3) is 0 Å². The van der Waals surface area contributed by atoms with E-state index in [0.29, 0.717) is 16.1 Å². The summed E-state index contributed by atoms with van der Waals surface area (Å²) in [6.45, 7) is 4.96. The molecule has 0 aromatic heterocycles. The molecule has 1 aromatic rings. The van der Waals surface area contributed by atoms with Gasteiger partial charge in [-0.2, -0.15) is 0 Å². The number of aromatic carboxylic acids is 1. The summed E-state index contributed by atoms with van der Waals surface area (Å²) in [5, 5.41) is 11.8. The van der Waals surface area contributed by atoms with Gasteiger partial charge in [0, 0.05) is 22.7 Å². The van der Waals surface area contributed by atoms with Crippen LogP contribution >= 0.6 is 15.9 Å². The summed E-state index contributed by atoms with van der Waals surface area (Å²) in [6, 6.07) is 4.68. The molecule has 6 heteroatoms. The molecule has 2 N–H and O–H groups in total. The number of urea groups is 1. The lowest BCUT2D eigenvalue weighted by molar-refractivity contribution is 0.0696. The highest BCUT2D eigenvalue weighted by molar-refractivity contribution is 9.10. The first-order valence-electron chi connectivity index (χ1n) is 6.98. The van der Waals surface area contributed by atoms with Gasteiger partial charge < -0.3 is 15.3 Å². The van der Waals surface area contributed by atoms with Crippen LogP contribution < -0.4 is 5.32 Å². The second-order valence-electron chi connectivity index (χ2n) is 5.64. The number of hydrogen-bond acceptors (Lipinski definition) is 2. The molecule has 2 atom stereocenters. The van der Waals surface area contributed by atoms with E-state index in [0.717, 1.165) is 19.4 Å². The standard InChI is InChI=1S/C15H19BrN2O3/c1-9-3-4-18(10(2)5-9)15(21)17-13-7-11(14(19)20)6-12(16)8-13/h6-10H,3-5H2,1-2H3,(H,17,21)(H,19,20). The number of carbonyl (C=O) groups is 2. The van der Waals surface area contributed by atoms with E-state index in [9.17, 15) is 9.59 Å². The van der Waals surface area contributed by atoms with Gasteiger partial charge in [-0.3, -0.25) is 0 Å². The number of halogens is 1. The fourth-order valence-electron chi connectivity index (χ4n) is 2.69. The molecule has 5 nitrogen and oxygen atoms in total. The highest BCUT2D eigenvalue weighted by atomic mass is 79.9. The molecule has 1 aliphatic heterocycles. The molecular formula is C15H19BrN2O3. The Morgan fingerprint density at radius 3 is 2.67 bits per heavy atom. The summed E-state index contributed by atoms with van der Waals surface area (Å²) in [7, 11) is 0. The van der Waals surface area contributed by atoms with Gasteiger partial charge in [0.1, 0.15) is 0 Å². The Kier molecular flexibility index (Phi) is 4.88. The van der Waals surface area contributed by atoms with Crippen molar-refractivity contribution in [2.24, 2.45) is 5.92 Å². The number of anilines is 1. The van der Waals surface area contributed by atoms with Gasteiger partial charge in [0.15, 0.2) is 0 Å². The fourth-order valence-corrected chi connectivity index (χ4v) is 3.18. The summed E-state index contributed by atoms with van der Waals surface area (Å²) >= 11 is 3.26. The minimum absolute atomic E-state index is 0.139. The summed E-state index contributed by atoms with van der Waals surface area (Å²) < 4.78 is 0.623. The maximum absolute atomic E-state index is 12.3. The number of nitrogens with zero attached hydrogens (tertiary/aromatic N) is 1. The molecule has 1 fully saturated rings. The molecule has 2 unspecified atom stereocenters. The van der Waals surface area contributed by atoms with Crippen LogP contribution in [-0.2, 0) is 0 Å². The topological polar surface area (TPSA) is 69.6 Å². The third-order valence-electron chi connectivity index (χ3n) is 3.80. The number of carbonyl (C=O) groups excluding carboxylic acids is 1. The molecule has 114 valence electrons. The zero-order valence-electron chi connectivity index (χ0n) is 12.1. The number of benzene rings is 1. The van der Waals surface area contributed by atoms with Crippen LogP contribution in [0.4, 0.5) is 10.5 Å². The Balaban J connectivity index is 2.11. The maximum Gasteiger partial charge on any atom is 0.335 e. The van der Waals surface area contributed by atoms with E-state index in [1.54, 1.807) is 11.0 Å². The first-order valence-corrected chi connectivity index (χ1v) is 7.77. The van der Waals surface area contributed by atoms with E-state index in [1.807, 2.05) is 6.92 Å². The second kappa shape index (κ2) is 6.47. The minimum atomic E-state index is -1.02. The van der Waals surface area contributed by atoms with Crippen LogP contribution in [0.5, 0.6) is 0 Å². The van der Waals surface area contributed by atoms with Gasteiger partial charge >= 0.3 is 12.0 Å². The van der Waals surface area contributed by atoms with Gasteiger partial charge in [-0.25, -0.2) is 9.59 Å². The van der Waals surface area contributed by atoms with Crippen LogP contribution in [0.1, 0.15) is 37.0 Å². The molecule has 1 aliphatic rings. The minimum Gasteiger partial charge on any atom is -0.478 e. The van der Waals surface area contributed by atoms with Crippen molar-refractivity contribution in [3.05, 3.63) is 28.2 Å². The Hall–Kier alpha value is -1.56. The Morgan fingerprint density at radius 1 is 1.33 bits per heavy atom. The third-order valence-corrected chi connectivity index (χ3v) is 4.25. The molecule has 0 aliphatic carbocycles. The van der Waals surface area contributed by atoms with Crippen molar-refractivity contribution >= 4 is 33.6 Å². The molecule has 1 aromatic carbocycles. The Morgan fingerprint density at radius 2 is 2.05 bits per heavy atom. The molecule has 21 heavy (non-hydrogen) atoms. The number of carboxylic acids is 1. The van der Waals surface area contributed by atoms with Gasteiger partial charge in [0.05, 0.1) is 5.56 Å². The average Bonchev–Trinajstić information content (AvgIpc) is 2.37. The number of nitrogens with one attached hydrogen (secondary N) is 1. The van der Waals surface area contributed by atoms with Crippen LogP contribution in [0.3, 0.4) is 0 Å². The van der Waals surface area contributed by atoms with Crippen molar-refractivity contribution in [3.8, 4) is 0 Å². The van der Waals surface area contributed by atoms with Crippen molar-refractivity contribution in [2.45, 2.75) is 32.7 Å². The summed E-state index contributed by atoms with van der Waals surface area (Å²) in [5.74, 6) is -0.388. The lowest BCUT2D eigenvalue weighted by Gasteiger charge is -2.36. The molecule has 2 rings (SSSR count). The van der Waals surface area contributed by atoms with Gasteiger partial charge in [-0.1, -0.05) is 22.9 Å². The van der Waals surface area contributed by atoms with E-state index in [2.05, 4.69) is 28.2 Å². The highest BCUT2D eigenvalue weighted by Gasteiger charge is 2.26. The Bertz CT molecular complexity index is 562. The number of hydrogen-bond donors (Lipinski definition) is 2. The third kappa shape index (κ3) is 3.97. The number of piperidine rings is 1. The fraction of sp³-hybridized carbons (Fsp3) is 0.467. The maximum atomic E-state index is 12.3. The molecule has 1 heterocycles. The summed E-state index contributed by atoms with van der Waals surface area (Å²) in [6.07, 6.45) is 1.99. The SMILES string of the molecule is CC1CCN(C(=O)Nc2cc(Br)cc(C(=O)O)c2)C(C)C1. The quantitative estimate of drug-likeness (QED) is 0.848. The van der Waals surface area contributed by atoms with Crippen molar-refractivity contribution < 1.29 is 14.7 Å². The molecule has 2 amide bonds. The average molecular weight is 355 g/mol. The molecule has 1 saturated heterocycles. The lowest BCUT2D eigenvalue weighted by atomic mass is 9.94. The van der Waals surface area contributed by atoms with Crippen LogP contribution in [0, 0.1) is 5.92 Å². The predicted octanol–water partition coefficient (Wildman–Crippen LogP) is 3.80. The monoisotopic (exact) mass is 354 g/mol. The van der Waals surface area contributed by atoms with E-state index in [4.69, 9.17) is 5.11 Å². The summed E-state index contributed by atoms with van der Waals surface area (Å²) in [5.41, 5.74) is 0.623. The normalized spacial score (nSPS) is 22.0. The van der Waals surface area contributed by atoms with Gasteiger partial charge in [-0.05, 0) is 43.9 Å². The van der Waals surface area contributed by atoms with Gasteiger partial charge in [0.2, 0.25) is 0 Å². The first kappa shape index (κ1) is 15.8. The first-order chi connectivity index (χ1) is 9.86. The number of likely N-dealkylation sites (tertiary alicyclic amines) is 1. The van der Waals surface area contributed by atoms with Crippen molar-refractivity contribution in [1.82, 2.24) is 4.90 Å². The molecule has 0 bridgehead atoms. The lowest BCUT2D eigenvalue weighted by Crippen LogP contribution is -2.46. The van der Waals surface area contributed by atoms with Crippen LogP contribution in [-0.4, -0.2) is 34.6 Å². The summed E-state index contributed by atoms with van der Waals surface area (Å²) in [4.78, 5) is 25.2. The predicted molar refractivity (Wildman–Crippen MR) is 84.7 cm³/mol. The van der Waals surface area contributed by atoms with Crippen molar-refractivity contribution in [3.63, 3.8) is 0 Å². The van der Waals surface area contributed by atoms with Crippen molar-refractivity contribution in [1.29, 1.82) is 0 Å². The van der Waals surface area contributed by atoms with Crippen LogP contribution in [0.15, 0.2) is 22.7 Å². The van der Waals surface area contributed by atoms with E-state index in [1.165, 1.54) is 12.1 Å². The van der Waals surface area contributed by atoms with Crippen LogP contribution in [0.25, 0.3) is 0 Å². The Labute approximate surface area is 132 Å². The number of amides is 2. The molecule has 0 saturated carbocycles. The largest absolute Gasteiger partial charge is 0.478 e. The van der Waals surface area contributed by atoms with Crippen molar-refractivity contribution in [2.75, 3.05) is 11.9 Å².